The van der Waals surface area contributed by atoms with Gasteiger partial charge in [0.2, 0.25) is 0 Å². The molecule has 37 heavy (non-hydrogen) atoms. The quantitative estimate of drug-likeness (QED) is 0.303. The molecule has 7 nitrogen and oxygen atoms in total. The zero-order valence-electron chi connectivity index (χ0n) is 19.9. The molecule has 0 spiro atoms. The van der Waals surface area contributed by atoms with Gasteiger partial charge in [-0.25, -0.2) is 4.79 Å². The number of alkyl halides is 3. The van der Waals surface area contributed by atoms with Crippen molar-refractivity contribution in [2.45, 2.75) is 32.4 Å². The Kier molecular flexibility index (Phi) is 8.22. The number of hydrogen-bond acceptors (Lipinski definition) is 6. The van der Waals surface area contributed by atoms with Gasteiger partial charge in [-0.3, -0.25) is 4.79 Å². The fourth-order valence-corrected chi connectivity index (χ4v) is 3.33. The second-order valence-electron chi connectivity index (χ2n) is 8.23. The number of ether oxygens (including phenoxy) is 4. The number of carbonyl (C=O) groups excluding carboxylic acids is 1. The topological polar surface area (TPSA) is 91.3 Å². The minimum Gasteiger partial charge on any atom is -0.497 e. The van der Waals surface area contributed by atoms with Gasteiger partial charge in [-0.15, -0.1) is 13.2 Å². The van der Waals surface area contributed by atoms with Gasteiger partial charge in [0.25, 0.3) is 0 Å². The molecule has 196 valence electrons. The van der Waals surface area contributed by atoms with Crippen LogP contribution in [0.4, 0.5) is 13.2 Å². The molecule has 0 radical (unpaired) electrons. The molecule has 0 heterocycles. The standard InChI is InChI=1S/C26H22ClF3O7/c1-25(2,24(32)33)36-22-13-18(34-3)9-10-19(22)23(31)16-5-7-17(8-6-16)35-14-15-4-11-21(20(27)12-15)37-26(28,29)30/h4-13H,14H2,1-3H3,(H,32,33). The normalized spacial score (nSPS) is 11.5. The highest BCUT2D eigenvalue weighted by atomic mass is 35.5. The molecule has 0 fully saturated rings. The summed E-state index contributed by atoms with van der Waals surface area (Å²) in [6, 6.07) is 14.4. The van der Waals surface area contributed by atoms with Crippen LogP contribution in [0.25, 0.3) is 0 Å². The first-order chi connectivity index (χ1) is 17.3. The third-order valence-corrected chi connectivity index (χ3v) is 5.35. The predicted octanol–water partition coefficient (Wildman–Crippen LogP) is 6.30. The second-order valence-corrected chi connectivity index (χ2v) is 8.64. The summed E-state index contributed by atoms with van der Waals surface area (Å²) in [6.07, 6.45) is -4.86. The van der Waals surface area contributed by atoms with Gasteiger partial charge in [-0.1, -0.05) is 17.7 Å². The van der Waals surface area contributed by atoms with Crippen molar-refractivity contribution in [3.63, 3.8) is 0 Å². The van der Waals surface area contributed by atoms with E-state index in [1.54, 1.807) is 18.2 Å². The molecule has 0 aliphatic carbocycles. The molecular weight excluding hydrogens is 517 g/mol. The van der Waals surface area contributed by atoms with Gasteiger partial charge in [-0.05, 0) is 67.9 Å². The highest BCUT2D eigenvalue weighted by Gasteiger charge is 2.32. The lowest BCUT2D eigenvalue weighted by molar-refractivity contribution is -0.274. The molecule has 0 aromatic heterocycles. The number of methoxy groups -OCH3 is 1. The maximum absolute atomic E-state index is 13.2. The summed E-state index contributed by atoms with van der Waals surface area (Å²) >= 11 is 5.85. The van der Waals surface area contributed by atoms with E-state index in [0.29, 0.717) is 17.1 Å². The first-order valence-electron chi connectivity index (χ1n) is 10.7. The Bertz CT molecular complexity index is 1290. The van der Waals surface area contributed by atoms with Crippen molar-refractivity contribution >= 4 is 23.4 Å². The highest BCUT2D eigenvalue weighted by Crippen LogP contribution is 2.32. The molecule has 0 atom stereocenters. The molecule has 0 amide bonds. The van der Waals surface area contributed by atoms with Crippen molar-refractivity contribution in [3.8, 4) is 23.0 Å². The van der Waals surface area contributed by atoms with Crippen molar-refractivity contribution in [2.24, 2.45) is 0 Å². The second kappa shape index (κ2) is 11.0. The van der Waals surface area contributed by atoms with Gasteiger partial charge < -0.3 is 24.1 Å². The van der Waals surface area contributed by atoms with E-state index in [1.165, 1.54) is 57.4 Å². The van der Waals surface area contributed by atoms with Crippen LogP contribution < -0.4 is 18.9 Å². The van der Waals surface area contributed by atoms with Gasteiger partial charge in [0.1, 0.15) is 29.6 Å². The minimum atomic E-state index is -4.86. The molecule has 0 saturated heterocycles. The number of ketones is 1. The van der Waals surface area contributed by atoms with Gasteiger partial charge in [0.15, 0.2) is 11.4 Å². The van der Waals surface area contributed by atoms with Crippen LogP contribution in [0.2, 0.25) is 5.02 Å². The van der Waals surface area contributed by atoms with E-state index in [0.717, 1.165) is 6.07 Å². The Hall–Kier alpha value is -3.92. The maximum atomic E-state index is 13.2. The van der Waals surface area contributed by atoms with Crippen LogP contribution in [-0.4, -0.2) is 35.9 Å². The highest BCUT2D eigenvalue weighted by molar-refractivity contribution is 6.32. The summed E-state index contributed by atoms with van der Waals surface area (Å²) in [6.45, 7) is 2.72. The Morgan fingerprint density at radius 2 is 1.54 bits per heavy atom. The zero-order chi connectivity index (χ0) is 27.4. The number of carbonyl (C=O) groups is 2. The summed E-state index contributed by atoms with van der Waals surface area (Å²) < 4.78 is 57.4. The number of benzene rings is 3. The molecule has 3 rings (SSSR count). The monoisotopic (exact) mass is 538 g/mol. The van der Waals surface area contributed by atoms with Gasteiger partial charge >= 0.3 is 12.3 Å². The first kappa shape index (κ1) is 27.7. The zero-order valence-corrected chi connectivity index (χ0v) is 20.6. The van der Waals surface area contributed by atoms with Gasteiger partial charge in [0, 0.05) is 11.6 Å². The minimum absolute atomic E-state index is 0.0000496. The fraction of sp³-hybridized carbons (Fsp3) is 0.231. The van der Waals surface area contributed by atoms with E-state index in [4.69, 9.17) is 25.8 Å². The third kappa shape index (κ3) is 7.29. The number of carboxylic acid groups (broad SMARTS) is 1. The number of hydrogen-bond donors (Lipinski definition) is 1. The molecule has 1 N–H and O–H groups in total. The van der Waals surface area contributed by atoms with Crippen LogP contribution in [0.15, 0.2) is 60.7 Å². The average Bonchev–Trinajstić information content (AvgIpc) is 2.83. The van der Waals surface area contributed by atoms with Crippen LogP contribution in [0.1, 0.15) is 35.3 Å². The van der Waals surface area contributed by atoms with E-state index in [9.17, 15) is 27.9 Å². The van der Waals surface area contributed by atoms with Crippen LogP contribution in [0, 0.1) is 0 Å². The first-order valence-corrected chi connectivity index (χ1v) is 11.1. The molecule has 0 aliphatic rings. The molecule has 3 aromatic rings. The molecule has 0 unspecified atom stereocenters. The van der Waals surface area contributed by atoms with E-state index < -0.39 is 29.5 Å². The number of carboxylic acids is 1. The van der Waals surface area contributed by atoms with Crippen molar-refractivity contribution in [3.05, 3.63) is 82.4 Å². The van der Waals surface area contributed by atoms with Crippen LogP contribution in [0.5, 0.6) is 23.0 Å². The molecule has 0 aliphatic heterocycles. The lowest BCUT2D eigenvalue weighted by atomic mass is 10.0. The fourth-order valence-electron chi connectivity index (χ4n) is 3.09. The van der Waals surface area contributed by atoms with Crippen molar-refractivity contribution in [1.29, 1.82) is 0 Å². The lowest BCUT2D eigenvalue weighted by Crippen LogP contribution is -2.38. The third-order valence-electron chi connectivity index (χ3n) is 5.06. The molecule has 11 heteroatoms. The Morgan fingerprint density at radius 1 is 0.892 bits per heavy atom. The average molecular weight is 539 g/mol. The van der Waals surface area contributed by atoms with Crippen molar-refractivity contribution < 1.29 is 46.8 Å². The molecule has 3 aromatic carbocycles. The number of halogens is 4. The van der Waals surface area contributed by atoms with E-state index >= 15 is 0 Å². The Labute approximate surface area is 215 Å². The summed E-state index contributed by atoms with van der Waals surface area (Å²) in [4.78, 5) is 24.7. The van der Waals surface area contributed by atoms with E-state index in [2.05, 4.69) is 4.74 Å². The van der Waals surface area contributed by atoms with Crippen LogP contribution in [0.3, 0.4) is 0 Å². The summed E-state index contributed by atoms with van der Waals surface area (Å²) in [5, 5.41) is 9.18. The van der Waals surface area contributed by atoms with E-state index in [-0.39, 0.29) is 28.5 Å². The van der Waals surface area contributed by atoms with Crippen molar-refractivity contribution in [2.75, 3.05) is 7.11 Å². The number of aliphatic carboxylic acids is 1. The summed E-state index contributed by atoms with van der Waals surface area (Å²) in [7, 11) is 1.43. The smallest absolute Gasteiger partial charge is 0.497 e. The molecular formula is C26H22ClF3O7. The van der Waals surface area contributed by atoms with Gasteiger partial charge in [-0.2, -0.15) is 0 Å². The summed E-state index contributed by atoms with van der Waals surface area (Å²) in [5.74, 6) is -1.33. The molecule has 0 bridgehead atoms. The van der Waals surface area contributed by atoms with Crippen molar-refractivity contribution in [1.82, 2.24) is 0 Å². The Morgan fingerprint density at radius 3 is 2.11 bits per heavy atom. The lowest BCUT2D eigenvalue weighted by Gasteiger charge is -2.23. The van der Waals surface area contributed by atoms with Crippen LogP contribution >= 0.6 is 11.6 Å². The SMILES string of the molecule is COc1ccc(C(=O)c2ccc(OCc3ccc(OC(F)(F)F)c(Cl)c3)cc2)c(OC(C)(C)C(=O)O)c1. The largest absolute Gasteiger partial charge is 0.573 e. The van der Waals surface area contributed by atoms with E-state index in [1.807, 2.05) is 0 Å². The predicted molar refractivity (Wildman–Crippen MR) is 128 cm³/mol. The summed E-state index contributed by atoms with van der Waals surface area (Å²) in [5.41, 5.74) is -0.675. The molecule has 0 saturated carbocycles. The maximum Gasteiger partial charge on any atom is 0.573 e. The number of rotatable bonds is 10. The van der Waals surface area contributed by atoms with Crippen LogP contribution in [-0.2, 0) is 11.4 Å². The Balaban J connectivity index is 1.73. The van der Waals surface area contributed by atoms with Gasteiger partial charge in [0.05, 0.1) is 17.7 Å².